The molecule has 1 aromatic carbocycles. The van der Waals surface area contributed by atoms with E-state index in [-0.39, 0.29) is 24.9 Å². The van der Waals surface area contributed by atoms with Crippen molar-refractivity contribution in [2.75, 3.05) is 57.7 Å². The van der Waals surface area contributed by atoms with E-state index in [0.29, 0.717) is 64.7 Å². The molecule has 3 fully saturated rings. The fraction of sp³-hybridized carbons (Fsp3) is 0.656. The molecule has 2 aliphatic carbocycles. The van der Waals surface area contributed by atoms with E-state index >= 15 is 4.39 Å². The van der Waals surface area contributed by atoms with Gasteiger partial charge in [-0.25, -0.2) is 9.37 Å². The van der Waals surface area contributed by atoms with Gasteiger partial charge in [-0.2, -0.15) is 10.1 Å². The Morgan fingerprint density at radius 2 is 1.91 bits per heavy atom. The van der Waals surface area contributed by atoms with E-state index in [2.05, 4.69) is 28.8 Å². The molecule has 43 heavy (non-hydrogen) atoms. The number of halogens is 1. The zero-order valence-electron chi connectivity index (χ0n) is 25.8. The van der Waals surface area contributed by atoms with Gasteiger partial charge in [-0.1, -0.05) is 13.3 Å². The molecule has 3 aromatic rings. The average Bonchev–Trinajstić information content (AvgIpc) is 3.36. The predicted octanol–water partition coefficient (Wildman–Crippen LogP) is 4.34. The molecule has 0 atom stereocenters. The van der Waals surface area contributed by atoms with Gasteiger partial charge in [-0.15, -0.1) is 0 Å². The Kier molecular flexibility index (Phi) is 8.75. The summed E-state index contributed by atoms with van der Waals surface area (Å²) in [5.41, 5.74) is 9.14. The number of hydrogen-bond acceptors (Lipinski definition) is 9. The molecule has 1 aliphatic heterocycles. The molecule has 0 radical (unpaired) electrons. The van der Waals surface area contributed by atoms with Crippen molar-refractivity contribution in [3.05, 3.63) is 35.3 Å². The van der Waals surface area contributed by atoms with Crippen LogP contribution in [0.4, 0.5) is 16.2 Å². The molecule has 2 aromatic heterocycles. The van der Waals surface area contributed by atoms with Crippen LogP contribution in [0, 0.1) is 11.2 Å². The third-order valence-corrected chi connectivity index (χ3v) is 10.1. The Balaban J connectivity index is 1.16. The number of methoxy groups -OCH3 is 1. The number of anilines is 2. The monoisotopic (exact) mass is 595 g/mol. The molecule has 1 spiro atoms. The summed E-state index contributed by atoms with van der Waals surface area (Å²) in [5.74, 6) is 1.29. The summed E-state index contributed by atoms with van der Waals surface area (Å²) in [4.78, 5) is 13.4. The van der Waals surface area contributed by atoms with Crippen molar-refractivity contribution in [3.8, 4) is 5.75 Å². The van der Waals surface area contributed by atoms with Crippen LogP contribution in [0.3, 0.4) is 0 Å². The summed E-state index contributed by atoms with van der Waals surface area (Å²) in [6, 6.07) is 4.98. The molecule has 0 amide bonds. The molecule has 3 N–H and O–H groups in total. The molecule has 6 rings (SSSR count). The highest BCUT2D eigenvalue weighted by Crippen LogP contribution is 2.50. The fourth-order valence-corrected chi connectivity index (χ4v) is 7.39. The van der Waals surface area contributed by atoms with Gasteiger partial charge in [-0.05, 0) is 75.6 Å². The Bertz CT molecular complexity index is 1410. The minimum absolute atomic E-state index is 0.0140. The van der Waals surface area contributed by atoms with Crippen LogP contribution >= 0.6 is 0 Å². The fourth-order valence-electron chi connectivity index (χ4n) is 7.39. The first-order valence-electron chi connectivity index (χ1n) is 15.9. The summed E-state index contributed by atoms with van der Waals surface area (Å²) in [6.45, 7) is 5.30. The van der Waals surface area contributed by atoms with Gasteiger partial charge in [0.25, 0.3) is 0 Å². The van der Waals surface area contributed by atoms with Crippen LogP contribution in [0.2, 0.25) is 0 Å². The van der Waals surface area contributed by atoms with Crippen LogP contribution < -0.4 is 15.4 Å². The number of aliphatic hydroxyl groups excluding tert-OH is 1. The lowest BCUT2D eigenvalue weighted by Crippen LogP contribution is -2.60. The number of aromatic nitrogens is 4. The first-order valence-corrected chi connectivity index (χ1v) is 15.9. The molecule has 3 aliphatic rings. The van der Waals surface area contributed by atoms with Crippen molar-refractivity contribution in [1.82, 2.24) is 24.6 Å². The van der Waals surface area contributed by atoms with Crippen LogP contribution in [0.1, 0.15) is 75.3 Å². The normalized spacial score (nSPS) is 21.7. The van der Waals surface area contributed by atoms with E-state index in [1.807, 2.05) is 11.0 Å². The Labute approximate surface area is 253 Å². The summed E-state index contributed by atoms with van der Waals surface area (Å²) in [5, 5.41) is 14.4. The maximum Gasteiger partial charge on any atom is 0.222 e. The zero-order chi connectivity index (χ0) is 30.1. The summed E-state index contributed by atoms with van der Waals surface area (Å²) in [7, 11) is 3.88. The Morgan fingerprint density at radius 1 is 1.14 bits per heavy atom. The highest BCUT2D eigenvalue weighted by molar-refractivity contribution is 5.86. The molecule has 3 heterocycles. The first-order chi connectivity index (χ1) is 20.8. The highest BCUT2D eigenvalue weighted by Gasteiger charge is 2.51. The molecular formula is C32H46FN7O3. The van der Waals surface area contributed by atoms with Crippen molar-refractivity contribution in [2.45, 2.75) is 82.8 Å². The van der Waals surface area contributed by atoms with Gasteiger partial charge in [0.05, 0.1) is 45.2 Å². The number of rotatable bonds is 12. The Morgan fingerprint density at radius 3 is 2.56 bits per heavy atom. The van der Waals surface area contributed by atoms with Gasteiger partial charge >= 0.3 is 0 Å². The number of nitrogens with zero attached hydrogens (tertiary/aromatic N) is 6. The minimum Gasteiger partial charge on any atom is -0.496 e. The van der Waals surface area contributed by atoms with Crippen LogP contribution in [0.25, 0.3) is 11.0 Å². The van der Waals surface area contributed by atoms with Gasteiger partial charge in [0.1, 0.15) is 17.1 Å². The molecule has 1 saturated heterocycles. The Hall–Kier alpha value is -3.02. The molecule has 0 unspecified atom stereocenters. The molecule has 0 bridgehead atoms. The number of fused-ring (bicyclic) bond motifs is 1. The highest BCUT2D eigenvalue weighted by atomic mass is 19.1. The maximum atomic E-state index is 15.8. The number of unbranched alkanes of at least 4 members (excludes halogenated alkanes) is 1. The second kappa shape index (κ2) is 12.5. The molecule has 11 heteroatoms. The van der Waals surface area contributed by atoms with E-state index in [4.69, 9.17) is 20.3 Å². The summed E-state index contributed by atoms with van der Waals surface area (Å²) in [6.07, 6.45) is 10.6. The van der Waals surface area contributed by atoms with E-state index in [9.17, 15) is 5.11 Å². The second-order valence-electron chi connectivity index (χ2n) is 12.9. The maximum absolute atomic E-state index is 15.8. The lowest BCUT2D eigenvalue weighted by molar-refractivity contribution is -0.186. The minimum atomic E-state index is -0.286. The standard InChI is InChI=1S/C32H46FN7O3/c1-4-5-10-39(11-12-41)30-29-27(35-31(34)36-30)18-40(37-29)17-25-26(33)13-22(14-28(25)42-3)21-6-8-23(9-7-21)38(2)24-15-32(16-24)19-43-20-32/h13-14,18,21,23-24,41H,4-12,15-17,19-20H2,1-3H3,(H2,34,35). The third kappa shape index (κ3) is 6.04. The smallest absolute Gasteiger partial charge is 0.222 e. The van der Waals surface area contributed by atoms with E-state index in [1.165, 1.54) is 12.8 Å². The number of hydrogen-bond donors (Lipinski definition) is 2. The SMILES string of the molecule is CCCCN(CCO)c1nc(N)nc2cn(Cc3c(F)cc(C4CCC(N(C)C5CC6(COC6)C5)CC4)cc3OC)nc12. The van der Waals surface area contributed by atoms with Crippen LogP contribution in [0.15, 0.2) is 18.3 Å². The first kappa shape index (κ1) is 30.0. The van der Waals surface area contributed by atoms with Crippen LogP contribution in [0.5, 0.6) is 5.75 Å². The van der Waals surface area contributed by atoms with Gasteiger partial charge in [0.2, 0.25) is 5.95 Å². The van der Waals surface area contributed by atoms with E-state index in [0.717, 1.165) is 57.3 Å². The molecular weight excluding hydrogens is 549 g/mol. The topological polar surface area (TPSA) is 115 Å². The number of nitrogens with two attached hydrogens (primary N) is 1. The quantitative estimate of drug-likeness (QED) is 0.316. The predicted molar refractivity (Wildman–Crippen MR) is 165 cm³/mol. The van der Waals surface area contributed by atoms with Gasteiger partial charge in [0, 0.05) is 30.6 Å². The van der Waals surface area contributed by atoms with Crippen LogP contribution in [-0.2, 0) is 11.3 Å². The largest absolute Gasteiger partial charge is 0.496 e. The van der Waals surface area contributed by atoms with Gasteiger partial charge in [0.15, 0.2) is 11.3 Å². The van der Waals surface area contributed by atoms with Gasteiger partial charge < -0.3 is 30.1 Å². The number of benzene rings is 1. The van der Waals surface area contributed by atoms with E-state index in [1.54, 1.807) is 24.1 Å². The summed E-state index contributed by atoms with van der Waals surface area (Å²) >= 11 is 0. The number of aliphatic hydroxyl groups is 1. The van der Waals surface area contributed by atoms with Crippen molar-refractivity contribution >= 4 is 22.8 Å². The van der Waals surface area contributed by atoms with Crippen molar-refractivity contribution in [3.63, 3.8) is 0 Å². The summed E-state index contributed by atoms with van der Waals surface area (Å²) < 4.78 is 28.6. The molecule has 234 valence electrons. The third-order valence-electron chi connectivity index (χ3n) is 10.1. The van der Waals surface area contributed by atoms with Crippen molar-refractivity contribution in [2.24, 2.45) is 5.41 Å². The van der Waals surface area contributed by atoms with Crippen molar-refractivity contribution < 1.29 is 19.0 Å². The lowest BCUT2D eigenvalue weighted by Gasteiger charge is -2.57. The van der Waals surface area contributed by atoms with E-state index < -0.39 is 0 Å². The number of ether oxygens (including phenoxy) is 2. The number of nitrogen functional groups attached to an aromatic ring is 1. The van der Waals surface area contributed by atoms with Gasteiger partial charge in [-0.3, -0.25) is 4.68 Å². The zero-order valence-corrected chi connectivity index (χ0v) is 25.8. The van der Waals surface area contributed by atoms with Crippen LogP contribution in [-0.4, -0.2) is 88.9 Å². The second-order valence-corrected chi connectivity index (χ2v) is 12.9. The lowest BCUT2D eigenvalue weighted by atomic mass is 9.63. The molecule has 2 saturated carbocycles. The molecule has 10 nitrogen and oxygen atoms in total. The van der Waals surface area contributed by atoms with Crippen molar-refractivity contribution in [1.29, 1.82) is 0 Å². The average molecular weight is 596 g/mol.